The van der Waals surface area contributed by atoms with Crippen molar-refractivity contribution < 1.29 is 43.9 Å². The van der Waals surface area contributed by atoms with Crippen LogP contribution in [0.15, 0.2) is 12.2 Å². The largest absolute Gasteiger partial charge is 0.452 e. The lowest BCUT2D eigenvalue weighted by Gasteiger charge is -2.43. The van der Waals surface area contributed by atoms with Gasteiger partial charge in [0.2, 0.25) is 0 Å². The summed E-state index contributed by atoms with van der Waals surface area (Å²) in [5.41, 5.74) is -1.26. The van der Waals surface area contributed by atoms with Crippen LogP contribution in [0.25, 0.3) is 0 Å². The highest BCUT2D eigenvalue weighted by Gasteiger charge is 2.44. The van der Waals surface area contributed by atoms with Gasteiger partial charge in [0, 0.05) is 32.9 Å². The molecule has 2 bridgehead atoms. The molecule has 0 aromatic carbocycles. The average molecular weight is 640 g/mol. The second-order valence-electron chi connectivity index (χ2n) is 13.6. The lowest BCUT2D eigenvalue weighted by molar-refractivity contribution is -0.198. The number of esters is 1. The van der Waals surface area contributed by atoms with Crippen LogP contribution in [0.2, 0.25) is 0 Å². The number of hydrogen-bond donors (Lipinski definition) is 4. The Morgan fingerprint density at radius 3 is 2.42 bits per heavy atom. The summed E-state index contributed by atoms with van der Waals surface area (Å²) in [6.07, 6.45) is 8.11. The summed E-state index contributed by atoms with van der Waals surface area (Å²) in [6.45, 7) is 7.88. The number of hydrogen-bond acceptors (Lipinski definition) is 9. The van der Waals surface area contributed by atoms with E-state index in [2.05, 4.69) is 19.2 Å². The molecule has 4 N–H and O–H groups in total. The molecular formula is C35H61NO9. The molecule has 0 aromatic rings. The van der Waals surface area contributed by atoms with Crippen LogP contribution in [0.1, 0.15) is 118 Å². The van der Waals surface area contributed by atoms with Gasteiger partial charge in [-0.2, -0.15) is 0 Å². The van der Waals surface area contributed by atoms with E-state index in [1.807, 2.05) is 26.0 Å². The van der Waals surface area contributed by atoms with E-state index >= 15 is 0 Å². The molecule has 0 radical (unpaired) electrons. The Balaban J connectivity index is 2.18. The summed E-state index contributed by atoms with van der Waals surface area (Å²) >= 11 is 0. The summed E-state index contributed by atoms with van der Waals surface area (Å²) in [5, 5.41) is 35.7. The van der Waals surface area contributed by atoms with Crippen molar-refractivity contribution in [3.05, 3.63) is 12.2 Å². The van der Waals surface area contributed by atoms with Gasteiger partial charge in [-0.05, 0) is 63.2 Å². The first-order chi connectivity index (χ1) is 21.4. The Labute approximate surface area is 270 Å². The third-order valence-electron chi connectivity index (χ3n) is 9.34. The predicted molar refractivity (Wildman–Crippen MR) is 172 cm³/mol. The van der Waals surface area contributed by atoms with Crippen LogP contribution in [0.3, 0.4) is 0 Å². The second kappa shape index (κ2) is 20.4. The van der Waals surface area contributed by atoms with Crippen molar-refractivity contribution in [3.8, 4) is 0 Å². The fraction of sp³-hybridized carbons (Fsp3) is 0.857. The summed E-state index contributed by atoms with van der Waals surface area (Å²) in [7, 11) is 1.52. The normalized spacial score (nSPS) is 36.9. The number of nitrogens with one attached hydrogen (secondary N) is 1. The SMILES string of the molecule is CCC[C@@H]1OC(=O)[C@@H](C)C[C@@H](C)CCCCC(=O)CCC[C@@H](CC)/C=C/[C@H]2O[C@@H](CC[C@@]2(O)COC)[C@@H](O)C[C@H](O)CNC1=O. The highest BCUT2D eigenvalue weighted by atomic mass is 16.6. The molecule has 2 heterocycles. The van der Waals surface area contributed by atoms with Crippen LogP contribution in [0.5, 0.6) is 0 Å². The molecule has 260 valence electrons. The molecule has 1 amide bonds. The number of carbonyl (C=O) groups excluding carboxylic acids is 3. The van der Waals surface area contributed by atoms with E-state index in [4.69, 9.17) is 14.2 Å². The molecule has 9 atom stereocenters. The third kappa shape index (κ3) is 13.8. The van der Waals surface area contributed by atoms with Crippen molar-refractivity contribution in [2.75, 3.05) is 20.3 Å². The Morgan fingerprint density at radius 1 is 1.00 bits per heavy atom. The van der Waals surface area contributed by atoms with Crippen molar-refractivity contribution in [2.45, 2.75) is 154 Å². The molecule has 2 aliphatic rings. The quantitative estimate of drug-likeness (QED) is 0.253. The van der Waals surface area contributed by atoms with Crippen molar-refractivity contribution >= 4 is 17.7 Å². The minimum Gasteiger partial charge on any atom is -0.452 e. The van der Waals surface area contributed by atoms with Gasteiger partial charge in [0.1, 0.15) is 17.5 Å². The first-order valence-corrected chi connectivity index (χ1v) is 17.3. The number of methoxy groups -OCH3 is 1. The number of cyclic esters (lactones) is 1. The van der Waals surface area contributed by atoms with Gasteiger partial charge >= 0.3 is 5.97 Å². The van der Waals surface area contributed by atoms with Crippen molar-refractivity contribution in [3.63, 3.8) is 0 Å². The highest BCUT2D eigenvalue weighted by Crippen LogP contribution is 2.33. The lowest BCUT2D eigenvalue weighted by atomic mass is 9.84. The number of amides is 1. The zero-order chi connectivity index (χ0) is 33.4. The summed E-state index contributed by atoms with van der Waals surface area (Å²) in [5.74, 6) is -0.491. The molecule has 0 saturated carbocycles. The molecule has 10 nitrogen and oxygen atoms in total. The number of rotatable bonds is 5. The molecule has 10 heteroatoms. The maximum absolute atomic E-state index is 12.9. The molecule has 2 aliphatic heterocycles. The Morgan fingerprint density at radius 2 is 1.73 bits per heavy atom. The van der Waals surface area contributed by atoms with Crippen LogP contribution in [0.4, 0.5) is 0 Å². The topological polar surface area (TPSA) is 152 Å². The van der Waals surface area contributed by atoms with Crippen LogP contribution in [-0.4, -0.2) is 89.4 Å². The van der Waals surface area contributed by atoms with E-state index < -0.39 is 48.0 Å². The fourth-order valence-electron chi connectivity index (χ4n) is 6.45. The number of allylic oxidation sites excluding steroid dienone is 1. The van der Waals surface area contributed by atoms with Gasteiger partial charge in [-0.3, -0.25) is 14.4 Å². The van der Waals surface area contributed by atoms with Gasteiger partial charge in [-0.15, -0.1) is 0 Å². The first-order valence-electron chi connectivity index (χ1n) is 17.3. The summed E-state index contributed by atoms with van der Waals surface area (Å²) < 4.78 is 17.1. The molecule has 0 aliphatic carbocycles. The maximum atomic E-state index is 12.9. The standard InChI is InChI=1S/C35H61NO9/c1-6-11-31-33(40)36-22-28(38)21-29(39)30-18-19-35(42,23-43-5)32(44-30)17-16-26(7-2)13-10-15-27(37)14-9-8-12-24(3)20-25(4)34(41)45-31/h16-17,24-26,28-32,38-39,42H,6-15,18-23H2,1-5H3,(H,36,40)/b17-16+/t24-,25-,26+,28-,29-,30-,31-,32+,35+/m0/s1. The van der Waals surface area contributed by atoms with Gasteiger partial charge in [-0.25, -0.2) is 0 Å². The zero-order valence-electron chi connectivity index (χ0n) is 28.4. The number of ketones is 1. The van der Waals surface area contributed by atoms with E-state index in [1.165, 1.54) is 7.11 Å². The van der Waals surface area contributed by atoms with Gasteiger partial charge < -0.3 is 34.8 Å². The number of aliphatic hydroxyl groups excluding tert-OH is 2. The average Bonchev–Trinajstić information content (AvgIpc) is 2.99. The molecule has 0 spiro atoms. The van der Waals surface area contributed by atoms with Crippen molar-refractivity contribution in [1.29, 1.82) is 0 Å². The second-order valence-corrected chi connectivity index (χ2v) is 13.6. The van der Waals surface area contributed by atoms with Gasteiger partial charge in [0.05, 0.1) is 30.8 Å². The number of β-amino-alcohol motifs (C(OH)–C–C–N with tert-alkyl or cyclic N) is 1. The van der Waals surface area contributed by atoms with Crippen LogP contribution in [-0.2, 0) is 28.6 Å². The number of fused-ring (bicyclic) bond motifs is 2. The number of aliphatic hydroxyl groups is 3. The molecule has 45 heavy (non-hydrogen) atoms. The molecule has 1 saturated heterocycles. The third-order valence-corrected chi connectivity index (χ3v) is 9.34. The highest BCUT2D eigenvalue weighted by molar-refractivity contribution is 5.84. The summed E-state index contributed by atoms with van der Waals surface area (Å²) in [6, 6.07) is 0. The lowest BCUT2D eigenvalue weighted by Crippen LogP contribution is -2.54. The van der Waals surface area contributed by atoms with Gasteiger partial charge in [-0.1, -0.05) is 59.1 Å². The van der Waals surface area contributed by atoms with Crippen LogP contribution < -0.4 is 5.32 Å². The maximum Gasteiger partial charge on any atom is 0.309 e. The molecule has 0 unspecified atom stereocenters. The Hall–Kier alpha value is -1.85. The first kappa shape index (κ1) is 39.3. The van der Waals surface area contributed by atoms with Crippen molar-refractivity contribution in [1.82, 2.24) is 5.32 Å². The van der Waals surface area contributed by atoms with Gasteiger partial charge in [0.15, 0.2) is 6.10 Å². The van der Waals surface area contributed by atoms with E-state index in [1.54, 1.807) is 0 Å². The Bertz CT molecular complexity index is 927. The number of carbonyl (C=O) groups is 3. The molecule has 1 fully saturated rings. The monoisotopic (exact) mass is 639 g/mol. The number of Topliss-reactive ketones (excluding diaryl/α,β-unsaturated/α-hetero) is 1. The predicted octanol–water partition coefficient (Wildman–Crippen LogP) is 4.41. The van der Waals surface area contributed by atoms with Gasteiger partial charge in [0.25, 0.3) is 5.91 Å². The number of ether oxygens (including phenoxy) is 3. The van der Waals surface area contributed by atoms with Crippen molar-refractivity contribution in [2.24, 2.45) is 17.8 Å². The summed E-state index contributed by atoms with van der Waals surface area (Å²) in [4.78, 5) is 38.3. The zero-order valence-corrected chi connectivity index (χ0v) is 28.4. The van der Waals surface area contributed by atoms with E-state index in [9.17, 15) is 29.7 Å². The molecular weight excluding hydrogens is 578 g/mol. The smallest absolute Gasteiger partial charge is 0.309 e. The molecule has 2 rings (SSSR count). The van der Waals surface area contributed by atoms with E-state index in [0.717, 1.165) is 38.5 Å². The van der Waals surface area contributed by atoms with E-state index in [0.29, 0.717) is 44.9 Å². The molecule has 0 aromatic heterocycles. The Kier molecular flexibility index (Phi) is 17.8. The van der Waals surface area contributed by atoms with Crippen LogP contribution in [0, 0.1) is 17.8 Å². The van der Waals surface area contributed by atoms with Crippen LogP contribution >= 0.6 is 0 Å². The fourth-order valence-corrected chi connectivity index (χ4v) is 6.45. The minimum atomic E-state index is -1.26. The minimum absolute atomic E-state index is 0.0388. The van der Waals surface area contributed by atoms with E-state index in [-0.39, 0.29) is 43.1 Å².